The van der Waals surface area contributed by atoms with E-state index in [0.717, 1.165) is 25.2 Å². The predicted octanol–water partition coefficient (Wildman–Crippen LogP) is 3.28. The first-order valence-corrected chi connectivity index (χ1v) is 9.82. The molecule has 1 amide bonds. The van der Waals surface area contributed by atoms with E-state index in [1.54, 1.807) is 24.3 Å². The molecule has 1 aliphatic rings. The molecule has 0 aliphatic carbocycles. The molecule has 2 aromatic carbocycles. The molecule has 0 unspecified atom stereocenters. The minimum atomic E-state index is -0.343. The molecule has 0 saturated carbocycles. The van der Waals surface area contributed by atoms with Gasteiger partial charge in [-0.25, -0.2) is 9.18 Å². The first-order valence-electron chi connectivity index (χ1n) is 9.82. The van der Waals surface area contributed by atoms with Crippen LogP contribution in [0.5, 0.6) is 0 Å². The lowest BCUT2D eigenvalue weighted by Gasteiger charge is -2.44. The van der Waals surface area contributed by atoms with Gasteiger partial charge < -0.3 is 9.64 Å². The van der Waals surface area contributed by atoms with Crippen LogP contribution in [0.4, 0.5) is 4.39 Å². The second-order valence-electron chi connectivity index (χ2n) is 7.69. The van der Waals surface area contributed by atoms with Crippen molar-refractivity contribution in [1.82, 2.24) is 9.80 Å². The van der Waals surface area contributed by atoms with Crippen LogP contribution >= 0.6 is 0 Å². The zero-order valence-corrected chi connectivity index (χ0v) is 17.1. The van der Waals surface area contributed by atoms with E-state index in [1.807, 2.05) is 30.9 Å². The highest BCUT2D eigenvalue weighted by Gasteiger charge is 2.32. The number of benzene rings is 2. The minimum Gasteiger partial charge on any atom is -0.465 e. The Labute approximate surface area is 171 Å². The molecule has 2 aromatic rings. The average molecular weight is 398 g/mol. The Morgan fingerprint density at radius 1 is 1.03 bits per heavy atom. The molecule has 6 heteroatoms. The van der Waals surface area contributed by atoms with Crippen LogP contribution < -0.4 is 0 Å². The number of nitrogens with zero attached hydrogens (tertiary/aromatic N) is 2. The van der Waals surface area contributed by atoms with Crippen LogP contribution in [0.1, 0.15) is 35.3 Å². The van der Waals surface area contributed by atoms with Gasteiger partial charge in [-0.3, -0.25) is 9.69 Å². The average Bonchev–Trinajstić information content (AvgIpc) is 2.67. The Morgan fingerprint density at radius 2 is 1.69 bits per heavy atom. The Hall–Kier alpha value is -2.73. The molecule has 0 radical (unpaired) electrons. The number of amides is 1. The molecular formula is C23H27FN2O3. The Bertz CT molecular complexity index is 857. The number of methoxy groups -OCH3 is 1. The third kappa shape index (κ3) is 5.21. The number of hydrogen-bond acceptors (Lipinski definition) is 4. The maximum atomic E-state index is 13.4. The van der Waals surface area contributed by atoms with E-state index in [-0.39, 0.29) is 36.2 Å². The summed E-state index contributed by atoms with van der Waals surface area (Å²) in [5.74, 6) is -0.638. The zero-order valence-electron chi connectivity index (χ0n) is 17.1. The van der Waals surface area contributed by atoms with E-state index in [4.69, 9.17) is 4.74 Å². The van der Waals surface area contributed by atoms with Crippen molar-refractivity contribution in [3.63, 3.8) is 0 Å². The highest BCUT2D eigenvalue weighted by atomic mass is 19.1. The molecule has 3 rings (SSSR count). The minimum absolute atomic E-state index is 0.0256. The van der Waals surface area contributed by atoms with Gasteiger partial charge >= 0.3 is 5.97 Å². The van der Waals surface area contributed by atoms with Gasteiger partial charge in [0.2, 0.25) is 5.91 Å². The maximum absolute atomic E-state index is 13.4. The number of piperazine rings is 1. The molecular weight excluding hydrogens is 371 g/mol. The first-order chi connectivity index (χ1) is 13.9. The molecule has 1 fully saturated rings. The van der Waals surface area contributed by atoms with Crippen LogP contribution in [0.3, 0.4) is 0 Å². The van der Waals surface area contributed by atoms with Crippen LogP contribution in [0.2, 0.25) is 0 Å². The van der Waals surface area contributed by atoms with E-state index >= 15 is 0 Å². The molecule has 0 aromatic heterocycles. The van der Waals surface area contributed by atoms with E-state index in [9.17, 15) is 14.0 Å². The molecule has 2 atom stereocenters. The van der Waals surface area contributed by atoms with Gasteiger partial charge in [0.1, 0.15) is 5.82 Å². The summed E-state index contributed by atoms with van der Waals surface area (Å²) in [4.78, 5) is 28.6. The second kappa shape index (κ2) is 9.18. The quantitative estimate of drug-likeness (QED) is 0.726. The lowest BCUT2D eigenvalue weighted by atomic mass is 10.0. The highest BCUT2D eigenvalue weighted by molar-refractivity contribution is 5.89. The normalized spacial score (nSPS) is 19.8. The van der Waals surface area contributed by atoms with E-state index in [2.05, 4.69) is 4.90 Å². The van der Waals surface area contributed by atoms with Gasteiger partial charge in [-0.15, -0.1) is 0 Å². The molecule has 1 saturated heterocycles. The lowest BCUT2D eigenvalue weighted by Crippen LogP contribution is -2.58. The molecule has 154 valence electrons. The summed E-state index contributed by atoms with van der Waals surface area (Å²) >= 11 is 0. The smallest absolute Gasteiger partial charge is 0.337 e. The van der Waals surface area contributed by atoms with E-state index in [0.29, 0.717) is 11.1 Å². The SMILES string of the molecule is COC(=O)c1ccc(CN2C[C@@H](C)N(C(=O)Cc3cccc(F)c3)[C@@H](C)C2)cc1. The maximum Gasteiger partial charge on any atom is 0.337 e. The third-order valence-corrected chi connectivity index (χ3v) is 5.31. The van der Waals surface area contributed by atoms with Crippen LogP contribution in [-0.2, 0) is 22.5 Å². The fourth-order valence-electron chi connectivity index (χ4n) is 4.09. The van der Waals surface area contributed by atoms with Crippen LogP contribution in [-0.4, -0.2) is 54.0 Å². The summed E-state index contributed by atoms with van der Waals surface area (Å²) < 4.78 is 18.1. The summed E-state index contributed by atoms with van der Waals surface area (Å²) in [6.07, 6.45) is 0.210. The number of rotatable bonds is 5. The molecule has 0 spiro atoms. The van der Waals surface area contributed by atoms with Gasteiger partial charge in [0.05, 0.1) is 19.1 Å². The van der Waals surface area contributed by atoms with Crippen molar-refractivity contribution in [3.8, 4) is 0 Å². The molecule has 1 aliphatic heterocycles. The second-order valence-corrected chi connectivity index (χ2v) is 7.69. The number of carbonyl (C=O) groups excluding carboxylic acids is 2. The first kappa shape index (κ1) is 21.0. The number of ether oxygens (including phenoxy) is 1. The molecule has 1 heterocycles. The van der Waals surface area contributed by atoms with Crippen LogP contribution in [0.15, 0.2) is 48.5 Å². The zero-order chi connectivity index (χ0) is 21.0. The van der Waals surface area contributed by atoms with Crippen molar-refractivity contribution >= 4 is 11.9 Å². The van der Waals surface area contributed by atoms with Crippen molar-refractivity contribution in [2.24, 2.45) is 0 Å². The van der Waals surface area contributed by atoms with Crippen molar-refractivity contribution in [1.29, 1.82) is 0 Å². The van der Waals surface area contributed by atoms with Crippen LogP contribution in [0.25, 0.3) is 0 Å². The third-order valence-electron chi connectivity index (χ3n) is 5.31. The fraction of sp³-hybridized carbons (Fsp3) is 0.391. The van der Waals surface area contributed by atoms with Crippen molar-refractivity contribution in [2.45, 2.75) is 38.9 Å². The van der Waals surface area contributed by atoms with Gasteiger partial charge in [-0.05, 0) is 49.2 Å². The van der Waals surface area contributed by atoms with Gasteiger partial charge in [-0.2, -0.15) is 0 Å². The molecule has 0 N–H and O–H groups in total. The topological polar surface area (TPSA) is 49.9 Å². The van der Waals surface area contributed by atoms with Gasteiger partial charge in [-0.1, -0.05) is 24.3 Å². The van der Waals surface area contributed by atoms with Crippen molar-refractivity contribution in [2.75, 3.05) is 20.2 Å². The monoisotopic (exact) mass is 398 g/mol. The van der Waals surface area contributed by atoms with Gasteiger partial charge in [0, 0.05) is 31.7 Å². The summed E-state index contributed by atoms with van der Waals surface area (Å²) in [6.45, 7) is 6.37. The van der Waals surface area contributed by atoms with E-state index < -0.39 is 0 Å². The lowest BCUT2D eigenvalue weighted by molar-refractivity contribution is -0.138. The Balaban J connectivity index is 1.60. The summed E-state index contributed by atoms with van der Waals surface area (Å²) in [5, 5.41) is 0. The molecule has 5 nitrogen and oxygen atoms in total. The summed E-state index contributed by atoms with van der Waals surface area (Å²) in [7, 11) is 1.37. The Kier molecular flexibility index (Phi) is 6.64. The standard InChI is InChI=1S/C23H27FN2O3/c1-16-13-25(15-18-7-9-20(10-8-18)23(28)29-3)14-17(2)26(16)22(27)12-19-5-4-6-21(24)11-19/h4-11,16-17H,12-15H2,1-3H3/t16-,17+. The molecule has 0 bridgehead atoms. The van der Waals surface area contributed by atoms with E-state index in [1.165, 1.54) is 19.2 Å². The summed E-state index contributed by atoms with van der Waals surface area (Å²) in [6, 6.07) is 13.8. The number of halogens is 1. The number of esters is 1. The molecule has 29 heavy (non-hydrogen) atoms. The number of carbonyl (C=O) groups is 2. The van der Waals surface area contributed by atoms with Crippen molar-refractivity contribution in [3.05, 3.63) is 71.0 Å². The van der Waals surface area contributed by atoms with Crippen molar-refractivity contribution < 1.29 is 18.7 Å². The fourth-order valence-corrected chi connectivity index (χ4v) is 4.09. The Morgan fingerprint density at radius 3 is 2.28 bits per heavy atom. The highest BCUT2D eigenvalue weighted by Crippen LogP contribution is 2.20. The summed E-state index contributed by atoms with van der Waals surface area (Å²) in [5.41, 5.74) is 2.34. The number of hydrogen-bond donors (Lipinski definition) is 0. The van der Waals surface area contributed by atoms with Gasteiger partial charge in [0.15, 0.2) is 0 Å². The van der Waals surface area contributed by atoms with Crippen LogP contribution in [0, 0.1) is 5.82 Å². The van der Waals surface area contributed by atoms with Gasteiger partial charge in [0.25, 0.3) is 0 Å². The predicted molar refractivity (Wildman–Crippen MR) is 109 cm³/mol. The largest absolute Gasteiger partial charge is 0.465 e.